The number of carbonyl (C=O) groups excluding carboxylic acids is 1. The molecule has 0 aliphatic carbocycles. The Hall–Kier alpha value is -4.10. The Morgan fingerprint density at radius 2 is 1.80 bits per heavy atom. The summed E-state index contributed by atoms with van der Waals surface area (Å²) >= 11 is 0. The Balaban J connectivity index is 1.39. The van der Waals surface area contributed by atoms with E-state index in [0.717, 1.165) is 11.1 Å². The van der Waals surface area contributed by atoms with Crippen molar-refractivity contribution >= 4 is 29.1 Å². The molecule has 0 radical (unpaired) electrons. The molecule has 210 valence electrons. The number of carboxylic acids is 1. The highest BCUT2D eigenvalue weighted by atomic mass is 16.6. The van der Waals surface area contributed by atoms with Crippen LogP contribution >= 0.6 is 0 Å². The maximum Gasteiger partial charge on any atom is 0.335 e. The predicted molar refractivity (Wildman–Crippen MR) is 145 cm³/mol. The molecule has 40 heavy (non-hydrogen) atoms. The molecular formula is C28H31N5O7. The van der Waals surface area contributed by atoms with Crippen molar-refractivity contribution in [2.75, 3.05) is 22.1 Å². The number of aliphatic hydroxyl groups excluding tert-OH is 3. The van der Waals surface area contributed by atoms with Gasteiger partial charge in [-0.05, 0) is 47.5 Å². The number of nitrogens with one attached hydrogen (secondary N) is 2. The van der Waals surface area contributed by atoms with Crippen LogP contribution < -0.4 is 15.5 Å². The minimum absolute atomic E-state index is 0.335. The van der Waals surface area contributed by atoms with Gasteiger partial charge in [0.05, 0.1) is 5.56 Å². The summed E-state index contributed by atoms with van der Waals surface area (Å²) in [7, 11) is 0. The number of nitrogens with zero attached hydrogens (tertiary/aromatic N) is 3. The third-order valence-electron chi connectivity index (χ3n) is 7.26. The van der Waals surface area contributed by atoms with Crippen LogP contribution in [0.5, 0.6) is 0 Å². The molecule has 2 aromatic heterocycles. The Morgan fingerprint density at radius 1 is 1.05 bits per heavy atom. The molecule has 6 N–H and O–H groups in total. The summed E-state index contributed by atoms with van der Waals surface area (Å²) in [6.07, 6.45) is -3.09. The first-order valence-corrected chi connectivity index (χ1v) is 12.8. The van der Waals surface area contributed by atoms with Crippen LogP contribution in [0.15, 0.2) is 61.1 Å². The summed E-state index contributed by atoms with van der Waals surface area (Å²) in [5, 5.41) is 46.8. The average Bonchev–Trinajstić information content (AvgIpc) is 3.20. The SMILES string of the molecule is CC1(C)CN([C@@H]2O[C@H](C(=O)O)[C@@H](O)[C@H](O)[C@H]2O)c2cc(NC(=O)c3cccnc3NCc3ccncc3)ccc21. The van der Waals surface area contributed by atoms with E-state index in [1.54, 1.807) is 47.8 Å². The number of aliphatic hydroxyl groups is 3. The lowest BCUT2D eigenvalue weighted by Gasteiger charge is -2.43. The normalized spacial score (nSPS) is 25.2. The number of hydrogen-bond donors (Lipinski definition) is 6. The van der Waals surface area contributed by atoms with E-state index >= 15 is 0 Å². The molecule has 12 heteroatoms. The number of aromatic nitrogens is 2. The first-order valence-electron chi connectivity index (χ1n) is 12.8. The number of anilines is 3. The minimum atomic E-state index is -1.79. The van der Waals surface area contributed by atoms with E-state index in [9.17, 15) is 30.0 Å². The van der Waals surface area contributed by atoms with Crippen molar-refractivity contribution in [2.24, 2.45) is 0 Å². The number of rotatable bonds is 7. The van der Waals surface area contributed by atoms with Crippen LogP contribution in [0, 0.1) is 0 Å². The monoisotopic (exact) mass is 549 g/mol. The molecule has 0 bridgehead atoms. The molecule has 0 spiro atoms. The van der Waals surface area contributed by atoms with Crippen molar-refractivity contribution in [3.05, 3.63) is 77.7 Å². The molecule has 2 aliphatic heterocycles. The summed E-state index contributed by atoms with van der Waals surface area (Å²) in [6, 6.07) is 12.4. The summed E-state index contributed by atoms with van der Waals surface area (Å²) in [4.78, 5) is 34.9. The first-order chi connectivity index (χ1) is 19.1. The van der Waals surface area contributed by atoms with Crippen LogP contribution in [0.3, 0.4) is 0 Å². The van der Waals surface area contributed by atoms with Gasteiger partial charge in [-0.25, -0.2) is 9.78 Å². The summed E-state index contributed by atoms with van der Waals surface area (Å²) in [5.74, 6) is -1.44. The second kappa shape index (κ2) is 10.8. The molecule has 0 unspecified atom stereocenters. The van der Waals surface area contributed by atoms with E-state index in [2.05, 4.69) is 20.6 Å². The topological polar surface area (TPSA) is 177 Å². The maximum absolute atomic E-state index is 13.3. The standard InChI is InChI=1S/C28H31N5O7/c1-28(2)14-33(26-22(36)20(34)21(35)23(40-26)27(38)39)19-12-16(5-6-18(19)28)32-25(37)17-4-3-9-30-24(17)31-13-15-7-10-29-11-8-15/h3-12,20-23,26,34-36H,13-14H2,1-2H3,(H,30,31)(H,32,37)(H,38,39)/t20-,21-,22+,23-,26+/m0/s1. The van der Waals surface area contributed by atoms with Gasteiger partial charge in [-0.3, -0.25) is 9.78 Å². The number of carboxylic acid groups (broad SMARTS) is 1. The zero-order valence-corrected chi connectivity index (χ0v) is 21.9. The van der Waals surface area contributed by atoms with Crippen molar-refractivity contribution in [3.8, 4) is 0 Å². The number of ether oxygens (including phenoxy) is 1. The fourth-order valence-corrected chi connectivity index (χ4v) is 5.18. The van der Waals surface area contributed by atoms with E-state index < -0.39 is 47.9 Å². The molecule has 1 fully saturated rings. The average molecular weight is 550 g/mol. The molecule has 2 aliphatic rings. The van der Waals surface area contributed by atoms with Crippen molar-refractivity contribution in [3.63, 3.8) is 0 Å². The zero-order chi connectivity index (χ0) is 28.6. The van der Waals surface area contributed by atoms with Gasteiger partial charge in [0.25, 0.3) is 5.91 Å². The highest BCUT2D eigenvalue weighted by molar-refractivity contribution is 6.07. The highest BCUT2D eigenvalue weighted by Gasteiger charge is 2.51. The second-order valence-corrected chi connectivity index (χ2v) is 10.6. The van der Waals surface area contributed by atoms with Gasteiger partial charge in [-0.2, -0.15) is 0 Å². The van der Waals surface area contributed by atoms with Gasteiger partial charge in [-0.15, -0.1) is 0 Å². The van der Waals surface area contributed by atoms with E-state index in [1.807, 2.05) is 32.0 Å². The van der Waals surface area contributed by atoms with Crippen molar-refractivity contribution in [1.29, 1.82) is 0 Å². The largest absolute Gasteiger partial charge is 0.479 e. The van der Waals surface area contributed by atoms with Gasteiger partial charge < -0.3 is 40.7 Å². The van der Waals surface area contributed by atoms with Gasteiger partial charge in [-0.1, -0.05) is 19.9 Å². The van der Waals surface area contributed by atoms with Crippen LogP contribution in [0.25, 0.3) is 0 Å². The van der Waals surface area contributed by atoms with Gasteiger partial charge in [0, 0.05) is 48.5 Å². The van der Waals surface area contributed by atoms with E-state index in [-0.39, 0.29) is 0 Å². The Morgan fingerprint density at radius 3 is 2.52 bits per heavy atom. The highest BCUT2D eigenvalue weighted by Crippen LogP contribution is 2.44. The van der Waals surface area contributed by atoms with Crippen LogP contribution in [-0.2, 0) is 21.5 Å². The molecule has 5 atom stereocenters. The van der Waals surface area contributed by atoms with Gasteiger partial charge in [0.2, 0.25) is 0 Å². The molecule has 4 heterocycles. The number of carbonyl (C=O) groups is 2. The van der Waals surface area contributed by atoms with Crippen molar-refractivity contribution in [1.82, 2.24) is 9.97 Å². The maximum atomic E-state index is 13.3. The fraction of sp³-hybridized carbons (Fsp3) is 0.357. The lowest BCUT2D eigenvalue weighted by atomic mass is 9.87. The zero-order valence-electron chi connectivity index (χ0n) is 21.9. The van der Waals surface area contributed by atoms with Crippen LogP contribution in [0.4, 0.5) is 17.2 Å². The molecular weight excluding hydrogens is 518 g/mol. The molecule has 12 nitrogen and oxygen atoms in total. The Labute approximate surface area is 230 Å². The summed E-state index contributed by atoms with van der Waals surface area (Å²) in [5.41, 5.74) is 2.83. The number of fused-ring (bicyclic) bond motifs is 1. The lowest BCUT2D eigenvalue weighted by Crippen LogP contribution is -2.64. The second-order valence-electron chi connectivity index (χ2n) is 10.6. The van der Waals surface area contributed by atoms with Gasteiger partial charge in [0.1, 0.15) is 24.1 Å². The number of pyridine rings is 2. The van der Waals surface area contributed by atoms with Crippen LogP contribution in [0.2, 0.25) is 0 Å². The fourth-order valence-electron chi connectivity index (χ4n) is 5.18. The molecule has 5 rings (SSSR count). The summed E-state index contributed by atoms with van der Waals surface area (Å²) < 4.78 is 5.60. The molecule has 3 aromatic rings. The number of amides is 1. The van der Waals surface area contributed by atoms with Crippen LogP contribution in [-0.4, -0.2) is 79.5 Å². The Bertz CT molecular complexity index is 1400. The molecule has 1 aromatic carbocycles. The van der Waals surface area contributed by atoms with Crippen LogP contribution in [0.1, 0.15) is 35.3 Å². The minimum Gasteiger partial charge on any atom is -0.479 e. The van der Waals surface area contributed by atoms with E-state index in [4.69, 9.17) is 4.74 Å². The molecule has 1 amide bonds. The Kier molecular flexibility index (Phi) is 7.43. The van der Waals surface area contributed by atoms with Crippen molar-refractivity contribution < 1.29 is 34.8 Å². The smallest absolute Gasteiger partial charge is 0.335 e. The van der Waals surface area contributed by atoms with E-state index in [0.29, 0.717) is 35.8 Å². The quantitative estimate of drug-likeness (QED) is 0.251. The third-order valence-corrected chi connectivity index (χ3v) is 7.26. The van der Waals surface area contributed by atoms with Crippen molar-refractivity contribution in [2.45, 2.75) is 56.5 Å². The number of benzene rings is 1. The van der Waals surface area contributed by atoms with E-state index in [1.165, 1.54) is 0 Å². The molecule has 0 saturated carbocycles. The third kappa shape index (κ3) is 5.21. The number of hydrogen-bond acceptors (Lipinski definition) is 10. The lowest BCUT2D eigenvalue weighted by molar-refractivity contribution is -0.227. The van der Waals surface area contributed by atoms with Gasteiger partial charge >= 0.3 is 5.97 Å². The van der Waals surface area contributed by atoms with Gasteiger partial charge in [0.15, 0.2) is 12.3 Å². The predicted octanol–water partition coefficient (Wildman–Crippen LogP) is 1.33. The number of aliphatic carboxylic acids is 1. The summed E-state index contributed by atoms with van der Waals surface area (Å²) in [6.45, 7) is 4.75. The first kappa shape index (κ1) is 27.5. The molecule has 1 saturated heterocycles.